The molecular weight excluding hydrogens is 343 g/mol. The van der Waals surface area contributed by atoms with Gasteiger partial charge in [0, 0.05) is 44.1 Å². The summed E-state index contributed by atoms with van der Waals surface area (Å²) >= 11 is 0. The molecule has 0 spiro atoms. The van der Waals surface area contributed by atoms with Crippen LogP contribution in [0.1, 0.15) is 18.4 Å². The van der Waals surface area contributed by atoms with Crippen molar-refractivity contribution in [1.82, 2.24) is 14.5 Å². The van der Waals surface area contributed by atoms with Crippen LogP contribution >= 0.6 is 0 Å². The second-order valence-corrected chi connectivity index (χ2v) is 6.98. The summed E-state index contributed by atoms with van der Waals surface area (Å²) in [6, 6.07) is 10.4. The van der Waals surface area contributed by atoms with E-state index in [1.807, 2.05) is 23.3 Å². The normalized spacial score (nSPS) is 17.1. The van der Waals surface area contributed by atoms with Crippen LogP contribution in [0.3, 0.4) is 0 Å². The molecule has 0 unspecified atom stereocenters. The summed E-state index contributed by atoms with van der Waals surface area (Å²) in [6.07, 6.45) is 9.73. The van der Waals surface area contributed by atoms with Gasteiger partial charge in [0.15, 0.2) is 0 Å². The Kier molecular flexibility index (Phi) is 5.32. The average Bonchev–Trinajstić information content (AvgIpc) is 3.21. The van der Waals surface area contributed by atoms with Gasteiger partial charge in [0.05, 0.1) is 12.9 Å². The molecule has 0 radical (unpaired) electrons. The highest BCUT2D eigenvalue weighted by atomic mass is 19.1. The van der Waals surface area contributed by atoms with E-state index in [4.69, 9.17) is 4.74 Å². The monoisotopic (exact) mass is 366 g/mol. The largest absolute Gasteiger partial charge is 0.493 e. The van der Waals surface area contributed by atoms with Gasteiger partial charge < -0.3 is 14.2 Å². The minimum atomic E-state index is -0.242. The van der Waals surface area contributed by atoms with Crippen molar-refractivity contribution in [3.8, 4) is 5.75 Å². The molecule has 2 aromatic heterocycles. The number of nitrogens with zero attached hydrogens (tertiary/aromatic N) is 4. The molecule has 5 nitrogen and oxygen atoms in total. The quantitative estimate of drug-likeness (QED) is 0.666. The Hall–Kier alpha value is -2.89. The molecule has 4 rings (SSSR count). The number of rotatable bonds is 6. The average molecular weight is 366 g/mol. The Morgan fingerprint density at radius 2 is 2.04 bits per heavy atom. The molecule has 1 saturated heterocycles. The molecule has 0 amide bonds. The first-order chi connectivity index (χ1) is 13.3. The molecule has 1 aliphatic heterocycles. The molecule has 27 heavy (non-hydrogen) atoms. The number of imidazole rings is 1. The molecule has 0 N–H and O–H groups in total. The zero-order valence-corrected chi connectivity index (χ0v) is 15.2. The van der Waals surface area contributed by atoms with Crippen molar-refractivity contribution in [2.75, 3.05) is 24.6 Å². The van der Waals surface area contributed by atoms with E-state index in [0.717, 1.165) is 49.6 Å². The Balaban J connectivity index is 1.32. The highest BCUT2D eigenvalue weighted by Gasteiger charge is 2.21. The van der Waals surface area contributed by atoms with E-state index in [1.165, 1.54) is 12.1 Å². The van der Waals surface area contributed by atoms with Crippen LogP contribution in [0.15, 0.2) is 61.3 Å². The van der Waals surface area contributed by atoms with Crippen molar-refractivity contribution in [1.29, 1.82) is 0 Å². The third-order valence-electron chi connectivity index (χ3n) is 4.88. The summed E-state index contributed by atoms with van der Waals surface area (Å²) in [6.45, 7) is 3.36. The van der Waals surface area contributed by atoms with Gasteiger partial charge in [-0.05, 0) is 48.7 Å². The smallest absolute Gasteiger partial charge is 0.128 e. The van der Waals surface area contributed by atoms with E-state index < -0.39 is 0 Å². The van der Waals surface area contributed by atoms with Gasteiger partial charge in [-0.2, -0.15) is 0 Å². The molecule has 1 aliphatic rings. The minimum absolute atomic E-state index is 0.242. The van der Waals surface area contributed by atoms with Crippen LogP contribution in [0.25, 0.3) is 0 Å². The highest BCUT2D eigenvalue weighted by molar-refractivity contribution is 5.40. The predicted octanol–water partition coefficient (Wildman–Crippen LogP) is 3.76. The predicted molar refractivity (Wildman–Crippen MR) is 102 cm³/mol. The molecule has 0 saturated carbocycles. The zero-order valence-electron chi connectivity index (χ0n) is 15.2. The van der Waals surface area contributed by atoms with Gasteiger partial charge in [0.25, 0.3) is 0 Å². The maximum absolute atomic E-state index is 13.0. The van der Waals surface area contributed by atoms with Crippen molar-refractivity contribution in [2.45, 2.75) is 19.4 Å². The number of pyridine rings is 1. The first-order valence-corrected chi connectivity index (χ1v) is 9.30. The summed E-state index contributed by atoms with van der Waals surface area (Å²) < 4.78 is 20.8. The van der Waals surface area contributed by atoms with Crippen LogP contribution in [0.4, 0.5) is 10.2 Å². The SMILES string of the molecule is Fc1ccc(OC[C@H]2CCCN(c3ccc(Cn4ccnc4)cn3)C2)cc1. The van der Waals surface area contributed by atoms with Gasteiger partial charge >= 0.3 is 0 Å². The second-order valence-electron chi connectivity index (χ2n) is 6.98. The number of hydrogen-bond acceptors (Lipinski definition) is 4. The Morgan fingerprint density at radius 3 is 2.78 bits per heavy atom. The summed E-state index contributed by atoms with van der Waals surface area (Å²) in [4.78, 5) is 11.0. The number of aromatic nitrogens is 3. The maximum atomic E-state index is 13.0. The van der Waals surface area contributed by atoms with Crippen LogP contribution in [0.2, 0.25) is 0 Å². The fourth-order valence-corrected chi connectivity index (χ4v) is 3.44. The first kappa shape index (κ1) is 17.5. The van der Waals surface area contributed by atoms with Crippen LogP contribution in [-0.4, -0.2) is 34.2 Å². The minimum Gasteiger partial charge on any atom is -0.493 e. The lowest BCUT2D eigenvalue weighted by atomic mass is 9.99. The van der Waals surface area contributed by atoms with Crippen LogP contribution in [-0.2, 0) is 6.54 Å². The Morgan fingerprint density at radius 1 is 1.15 bits per heavy atom. The van der Waals surface area contributed by atoms with Gasteiger partial charge in [-0.1, -0.05) is 6.07 Å². The summed E-state index contributed by atoms with van der Waals surface area (Å²) in [7, 11) is 0. The Labute approximate surface area is 158 Å². The zero-order chi connectivity index (χ0) is 18.5. The van der Waals surface area contributed by atoms with Crippen LogP contribution in [0, 0.1) is 11.7 Å². The number of halogens is 1. The lowest BCUT2D eigenvalue weighted by molar-refractivity contribution is 0.228. The van der Waals surface area contributed by atoms with Crippen molar-refractivity contribution < 1.29 is 9.13 Å². The molecule has 140 valence electrons. The molecule has 0 aliphatic carbocycles. The molecule has 0 bridgehead atoms. The molecule has 1 fully saturated rings. The van der Waals surface area contributed by atoms with Gasteiger partial charge in [0.1, 0.15) is 17.4 Å². The number of anilines is 1. The van der Waals surface area contributed by atoms with Gasteiger partial charge in [0.2, 0.25) is 0 Å². The van der Waals surface area contributed by atoms with Crippen LogP contribution < -0.4 is 9.64 Å². The molecule has 6 heteroatoms. The van der Waals surface area contributed by atoms with Gasteiger partial charge in [-0.3, -0.25) is 0 Å². The standard InChI is InChI=1S/C21H23FN4O/c22-19-4-6-20(7-5-19)27-15-18-2-1-10-26(14-18)21-8-3-17(12-24-21)13-25-11-9-23-16-25/h3-9,11-12,16,18H,1-2,10,13-15H2/t18-/m0/s1. The first-order valence-electron chi connectivity index (χ1n) is 9.30. The lowest BCUT2D eigenvalue weighted by Crippen LogP contribution is -2.38. The number of benzene rings is 1. The van der Waals surface area contributed by atoms with E-state index in [1.54, 1.807) is 18.3 Å². The van der Waals surface area contributed by atoms with Gasteiger partial charge in [-0.15, -0.1) is 0 Å². The summed E-state index contributed by atoms with van der Waals surface area (Å²) in [5.74, 6) is 1.93. The van der Waals surface area contributed by atoms with Crippen LogP contribution in [0.5, 0.6) is 5.75 Å². The summed E-state index contributed by atoms with van der Waals surface area (Å²) in [5.41, 5.74) is 1.16. The third kappa shape index (κ3) is 4.64. The fraction of sp³-hybridized carbons (Fsp3) is 0.333. The Bertz CT molecular complexity index is 834. The number of ether oxygens (including phenoxy) is 1. The molecule has 1 atom stereocenters. The highest BCUT2D eigenvalue weighted by Crippen LogP contribution is 2.23. The van der Waals surface area contributed by atoms with E-state index in [9.17, 15) is 4.39 Å². The number of piperidine rings is 1. The van der Waals surface area contributed by atoms with E-state index in [0.29, 0.717) is 12.5 Å². The summed E-state index contributed by atoms with van der Waals surface area (Å²) in [5, 5.41) is 0. The lowest BCUT2D eigenvalue weighted by Gasteiger charge is -2.33. The van der Waals surface area contributed by atoms with Crippen molar-refractivity contribution in [2.24, 2.45) is 5.92 Å². The molecule has 3 aromatic rings. The molecule has 3 heterocycles. The van der Waals surface area contributed by atoms with Crippen molar-refractivity contribution in [3.63, 3.8) is 0 Å². The van der Waals surface area contributed by atoms with Gasteiger partial charge in [-0.25, -0.2) is 14.4 Å². The topological polar surface area (TPSA) is 43.2 Å². The van der Waals surface area contributed by atoms with Crippen molar-refractivity contribution in [3.05, 3.63) is 72.7 Å². The van der Waals surface area contributed by atoms with E-state index in [2.05, 4.69) is 27.0 Å². The van der Waals surface area contributed by atoms with Crippen molar-refractivity contribution >= 4 is 5.82 Å². The fourth-order valence-electron chi connectivity index (χ4n) is 3.44. The second kappa shape index (κ2) is 8.20. The maximum Gasteiger partial charge on any atom is 0.128 e. The molecule has 1 aromatic carbocycles. The number of hydrogen-bond donors (Lipinski definition) is 0. The molecular formula is C21H23FN4O. The third-order valence-corrected chi connectivity index (χ3v) is 4.88. The van der Waals surface area contributed by atoms with E-state index in [-0.39, 0.29) is 5.82 Å². The van der Waals surface area contributed by atoms with E-state index >= 15 is 0 Å².